The summed E-state index contributed by atoms with van der Waals surface area (Å²) >= 11 is 3.58. The zero-order valence-electron chi connectivity index (χ0n) is 9.53. The maximum atomic E-state index is 5.66. The molecule has 16 heavy (non-hydrogen) atoms. The first-order chi connectivity index (χ1) is 7.74. The van der Waals surface area contributed by atoms with Gasteiger partial charge in [-0.1, -0.05) is 46.3 Å². The quantitative estimate of drug-likeness (QED) is 0.791. The standard InChI is InChI=1S/C14H15BrO/c1-3-16-10(2)11-8-9-14(15)13-7-5-4-6-12(11)13/h4-10H,3H2,1-2H3/t10-/m0/s1. The van der Waals surface area contributed by atoms with E-state index in [-0.39, 0.29) is 6.10 Å². The van der Waals surface area contributed by atoms with Crippen molar-refractivity contribution in [3.8, 4) is 0 Å². The minimum atomic E-state index is 0.142. The highest BCUT2D eigenvalue weighted by molar-refractivity contribution is 9.10. The lowest BCUT2D eigenvalue weighted by Crippen LogP contribution is -2.00. The molecule has 0 spiro atoms. The fourth-order valence-corrected chi connectivity index (χ4v) is 2.46. The largest absolute Gasteiger partial charge is 0.374 e. The molecule has 0 aliphatic rings. The molecule has 0 saturated heterocycles. The Morgan fingerprint density at radius 1 is 1.12 bits per heavy atom. The number of fused-ring (bicyclic) bond motifs is 1. The van der Waals surface area contributed by atoms with Crippen LogP contribution in [0, 0.1) is 0 Å². The van der Waals surface area contributed by atoms with Crippen molar-refractivity contribution < 1.29 is 4.74 Å². The van der Waals surface area contributed by atoms with Gasteiger partial charge in [-0.3, -0.25) is 0 Å². The van der Waals surface area contributed by atoms with Gasteiger partial charge in [-0.15, -0.1) is 0 Å². The maximum absolute atomic E-state index is 5.66. The molecule has 0 N–H and O–H groups in total. The zero-order chi connectivity index (χ0) is 11.5. The summed E-state index contributed by atoms with van der Waals surface area (Å²) in [5, 5.41) is 2.50. The second-order valence-corrected chi connectivity index (χ2v) is 4.63. The molecule has 0 bridgehead atoms. The second-order valence-electron chi connectivity index (χ2n) is 3.78. The molecule has 0 fully saturated rings. The first-order valence-corrected chi connectivity index (χ1v) is 6.32. The summed E-state index contributed by atoms with van der Waals surface area (Å²) in [4.78, 5) is 0. The van der Waals surface area contributed by atoms with Gasteiger partial charge in [0.05, 0.1) is 6.10 Å². The smallest absolute Gasteiger partial charge is 0.0802 e. The SMILES string of the molecule is CCO[C@@H](C)c1ccc(Br)c2ccccc12. The predicted molar refractivity (Wildman–Crippen MR) is 71.7 cm³/mol. The van der Waals surface area contributed by atoms with Gasteiger partial charge in [-0.25, -0.2) is 0 Å². The van der Waals surface area contributed by atoms with Crippen LogP contribution in [0.5, 0.6) is 0 Å². The van der Waals surface area contributed by atoms with Crippen LogP contribution in [0.4, 0.5) is 0 Å². The average molecular weight is 279 g/mol. The van der Waals surface area contributed by atoms with Crippen molar-refractivity contribution in [3.63, 3.8) is 0 Å². The van der Waals surface area contributed by atoms with Crippen LogP contribution in [0.25, 0.3) is 10.8 Å². The summed E-state index contributed by atoms with van der Waals surface area (Å²) in [6, 6.07) is 12.6. The van der Waals surface area contributed by atoms with Crippen molar-refractivity contribution in [2.45, 2.75) is 20.0 Å². The van der Waals surface area contributed by atoms with Crippen LogP contribution >= 0.6 is 15.9 Å². The van der Waals surface area contributed by atoms with E-state index in [0.29, 0.717) is 0 Å². The zero-order valence-corrected chi connectivity index (χ0v) is 11.1. The lowest BCUT2D eigenvalue weighted by atomic mass is 10.0. The van der Waals surface area contributed by atoms with E-state index in [9.17, 15) is 0 Å². The van der Waals surface area contributed by atoms with Gasteiger partial charge >= 0.3 is 0 Å². The Morgan fingerprint density at radius 2 is 1.81 bits per heavy atom. The normalized spacial score (nSPS) is 12.9. The lowest BCUT2D eigenvalue weighted by molar-refractivity contribution is 0.0774. The summed E-state index contributed by atoms with van der Waals surface area (Å²) in [5.74, 6) is 0. The fraction of sp³-hybridized carbons (Fsp3) is 0.286. The van der Waals surface area contributed by atoms with Crippen molar-refractivity contribution >= 4 is 26.7 Å². The summed E-state index contributed by atoms with van der Waals surface area (Å²) in [6.45, 7) is 4.86. The van der Waals surface area contributed by atoms with Gasteiger partial charge in [-0.2, -0.15) is 0 Å². The molecule has 2 rings (SSSR count). The Bertz CT molecular complexity index is 493. The minimum Gasteiger partial charge on any atom is -0.374 e. The van der Waals surface area contributed by atoms with Crippen molar-refractivity contribution in [2.24, 2.45) is 0 Å². The Kier molecular flexibility index (Phi) is 3.62. The Labute approximate surface area is 105 Å². The van der Waals surface area contributed by atoms with E-state index >= 15 is 0 Å². The maximum Gasteiger partial charge on any atom is 0.0802 e. The molecule has 84 valence electrons. The van der Waals surface area contributed by atoms with Gasteiger partial charge < -0.3 is 4.74 Å². The predicted octanol–water partition coefficient (Wildman–Crippen LogP) is 4.70. The molecular weight excluding hydrogens is 264 g/mol. The Morgan fingerprint density at radius 3 is 2.50 bits per heavy atom. The molecule has 0 aliphatic carbocycles. The number of hydrogen-bond donors (Lipinski definition) is 0. The lowest BCUT2D eigenvalue weighted by Gasteiger charge is -2.15. The third kappa shape index (κ3) is 2.13. The number of benzene rings is 2. The van der Waals surface area contributed by atoms with E-state index in [4.69, 9.17) is 4.74 Å². The molecule has 1 atom stereocenters. The van der Waals surface area contributed by atoms with Gasteiger partial charge in [0, 0.05) is 11.1 Å². The molecule has 1 nitrogen and oxygen atoms in total. The van der Waals surface area contributed by atoms with E-state index in [1.165, 1.54) is 16.3 Å². The van der Waals surface area contributed by atoms with E-state index < -0.39 is 0 Å². The van der Waals surface area contributed by atoms with Crippen LogP contribution in [0.3, 0.4) is 0 Å². The molecule has 0 heterocycles. The molecule has 0 unspecified atom stereocenters. The van der Waals surface area contributed by atoms with Crippen molar-refractivity contribution in [1.29, 1.82) is 0 Å². The third-order valence-corrected chi connectivity index (χ3v) is 3.45. The van der Waals surface area contributed by atoms with Gasteiger partial charge in [0.25, 0.3) is 0 Å². The number of halogens is 1. The highest BCUT2D eigenvalue weighted by atomic mass is 79.9. The van der Waals surface area contributed by atoms with Gasteiger partial charge in [-0.05, 0) is 36.2 Å². The molecular formula is C14H15BrO. The molecule has 2 aromatic rings. The number of ether oxygens (including phenoxy) is 1. The van der Waals surface area contributed by atoms with Crippen LogP contribution in [-0.2, 0) is 4.74 Å². The van der Waals surface area contributed by atoms with E-state index in [1.54, 1.807) is 0 Å². The molecule has 0 aliphatic heterocycles. The van der Waals surface area contributed by atoms with Gasteiger partial charge in [0.1, 0.15) is 0 Å². The summed E-state index contributed by atoms with van der Waals surface area (Å²) in [5.41, 5.74) is 1.25. The van der Waals surface area contributed by atoms with Crippen molar-refractivity contribution in [2.75, 3.05) is 6.61 Å². The monoisotopic (exact) mass is 278 g/mol. The van der Waals surface area contributed by atoms with Crippen LogP contribution in [0.15, 0.2) is 40.9 Å². The average Bonchev–Trinajstić information content (AvgIpc) is 2.30. The van der Waals surface area contributed by atoms with Crippen molar-refractivity contribution in [1.82, 2.24) is 0 Å². The van der Waals surface area contributed by atoms with Crippen LogP contribution in [-0.4, -0.2) is 6.61 Å². The summed E-state index contributed by atoms with van der Waals surface area (Å²) in [6.07, 6.45) is 0.142. The van der Waals surface area contributed by atoms with E-state index in [1.807, 2.05) is 6.92 Å². The third-order valence-electron chi connectivity index (χ3n) is 2.76. The van der Waals surface area contributed by atoms with E-state index in [2.05, 4.69) is 59.3 Å². The second kappa shape index (κ2) is 4.98. The van der Waals surface area contributed by atoms with Crippen LogP contribution < -0.4 is 0 Å². The molecule has 0 aromatic heterocycles. The van der Waals surface area contributed by atoms with Crippen LogP contribution in [0.1, 0.15) is 25.5 Å². The molecule has 0 radical (unpaired) electrons. The molecule has 2 aromatic carbocycles. The molecule has 2 heteroatoms. The molecule has 0 saturated carbocycles. The fourth-order valence-electron chi connectivity index (χ4n) is 1.98. The first kappa shape index (κ1) is 11.6. The minimum absolute atomic E-state index is 0.142. The van der Waals surface area contributed by atoms with Gasteiger partial charge in [0.15, 0.2) is 0 Å². The number of hydrogen-bond acceptors (Lipinski definition) is 1. The molecule has 0 amide bonds. The first-order valence-electron chi connectivity index (χ1n) is 5.52. The topological polar surface area (TPSA) is 9.23 Å². The van der Waals surface area contributed by atoms with E-state index in [0.717, 1.165) is 11.1 Å². The van der Waals surface area contributed by atoms with Crippen molar-refractivity contribution in [3.05, 3.63) is 46.4 Å². The number of rotatable bonds is 3. The summed E-state index contributed by atoms with van der Waals surface area (Å²) < 4.78 is 6.80. The summed E-state index contributed by atoms with van der Waals surface area (Å²) in [7, 11) is 0. The highest BCUT2D eigenvalue weighted by Crippen LogP contribution is 2.31. The Hall–Kier alpha value is -0.860. The van der Waals surface area contributed by atoms with Gasteiger partial charge in [0.2, 0.25) is 0 Å². The highest BCUT2D eigenvalue weighted by Gasteiger charge is 2.10. The Balaban J connectivity index is 2.58. The van der Waals surface area contributed by atoms with Crippen LogP contribution in [0.2, 0.25) is 0 Å².